The third-order valence-electron chi connectivity index (χ3n) is 5.81. The van der Waals surface area contributed by atoms with Crippen LogP contribution in [0, 0.1) is 0 Å². The Kier molecular flexibility index (Phi) is 5.88. The fraction of sp³-hybridized carbons (Fsp3) is 0.208. The number of aliphatic hydroxyl groups excluding tert-OH is 1. The van der Waals surface area contributed by atoms with E-state index in [0.717, 1.165) is 28.8 Å². The average Bonchev–Trinajstić information content (AvgIpc) is 3.40. The zero-order chi connectivity index (χ0) is 23.5. The lowest BCUT2D eigenvalue weighted by molar-refractivity contribution is 0.0781. The molecule has 4 aromatic rings. The predicted octanol–water partition coefficient (Wildman–Crippen LogP) is 2.78. The van der Waals surface area contributed by atoms with Crippen LogP contribution in [0.15, 0.2) is 61.1 Å². The first-order valence-corrected chi connectivity index (χ1v) is 10.9. The van der Waals surface area contributed by atoms with Gasteiger partial charge in [-0.2, -0.15) is 10.1 Å². The van der Waals surface area contributed by atoms with Crippen LogP contribution < -0.4 is 10.6 Å². The van der Waals surface area contributed by atoms with Crippen LogP contribution in [0.25, 0.3) is 11.4 Å². The molecule has 0 aliphatic carbocycles. The number of nitrogens with zero attached hydrogens (tertiary/aromatic N) is 5. The molecule has 3 heterocycles. The molecule has 1 aliphatic rings. The maximum atomic E-state index is 12.4. The van der Waals surface area contributed by atoms with Crippen molar-refractivity contribution in [2.24, 2.45) is 0 Å². The highest BCUT2D eigenvalue weighted by atomic mass is 16.3. The van der Waals surface area contributed by atoms with E-state index >= 15 is 0 Å². The maximum absolute atomic E-state index is 12.4. The molecular weight excluding hydrogens is 432 g/mol. The van der Waals surface area contributed by atoms with Gasteiger partial charge in [-0.25, -0.2) is 9.97 Å². The first-order chi connectivity index (χ1) is 16.6. The van der Waals surface area contributed by atoms with E-state index in [2.05, 4.69) is 35.8 Å². The summed E-state index contributed by atoms with van der Waals surface area (Å²) in [5.74, 6) is 1.40. The molecule has 0 fully saturated rings. The minimum atomic E-state index is -0.377. The molecule has 1 aliphatic heterocycles. The number of hydrogen-bond donors (Lipinski definition) is 4. The van der Waals surface area contributed by atoms with Gasteiger partial charge in [0.15, 0.2) is 5.82 Å². The van der Waals surface area contributed by atoms with Crippen molar-refractivity contribution in [1.29, 1.82) is 0 Å². The van der Waals surface area contributed by atoms with Crippen molar-refractivity contribution in [2.75, 3.05) is 30.8 Å². The maximum Gasteiger partial charge on any atom is 0.253 e. The number of nitrogens with one attached hydrogen (secondary N) is 3. The summed E-state index contributed by atoms with van der Waals surface area (Å²) in [6, 6.07) is 14.9. The number of anilines is 3. The summed E-state index contributed by atoms with van der Waals surface area (Å²) in [6.07, 6.45) is 3.85. The van der Waals surface area contributed by atoms with Crippen LogP contribution in [0.2, 0.25) is 0 Å². The van der Waals surface area contributed by atoms with Crippen LogP contribution >= 0.6 is 0 Å². The smallest absolute Gasteiger partial charge is 0.253 e. The van der Waals surface area contributed by atoms with Gasteiger partial charge in [0, 0.05) is 31.0 Å². The highest BCUT2D eigenvalue weighted by Gasteiger charge is 2.22. The third-order valence-corrected chi connectivity index (χ3v) is 5.81. The van der Waals surface area contributed by atoms with Crippen molar-refractivity contribution < 1.29 is 9.90 Å². The Bertz CT molecular complexity index is 1290. The Morgan fingerprint density at radius 1 is 1.15 bits per heavy atom. The second-order valence-electron chi connectivity index (χ2n) is 8.05. The lowest BCUT2D eigenvalue weighted by Gasteiger charge is -2.25. The predicted molar refractivity (Wildman–Crippen MR) is 128 cm³/mol. The number of amides is 1. The van der Waals surface area contributed by atoms with Crippen molar-refractivity contribution in [3.05, 3.63) is 77.7 Å². The highest BCUT2D eigenvalue weighted by molar-refractivity contribution is 5.97. The number of rotatable bonds is 7. The van der Waals surface area contributed by atoms with E-state index in [1.165, 1.54) is 6.33 Å². The minimum absolute atomic E-state index is 0.0305. The quantitative estimate of drug-likeness (QED) is 0.334. The second-order valence-corrected chi connectivity index (χ2v) is 8.05. The van der Waals surface area contributed by atoms with Crippen LogP contribution in [-0.4, -0.2) is 61.3 Å². The van der Waals surface area contributed by atoms with Gasteiger partial charge in [0.25, 0.3) is 5.91 Å². The van der Waals surface area contributed by atoms with E-state index in [-0.39, 0.29) is 18.6 Å². The number of H-pyrrole nitrogens is 1. The summed E-state index contributed by atoms with van der Waals surface area (Å²) >= 11 is 0. The van der Waals surface area contributed by atoms with Gasteiger partial charge < -0.3 is 20.6 Å². The van der Waals surface area contributed by atoms with E-state index in [0.29, 0.717) is 29.7 Å². The van der Waals surface area contributed by atoms with Crippen LogP contribution in [0.5, 0.6) is 0 Å². The first-order valence-electron chi connectivity index (χ1n) is 10.9. The molecule has 1 atom stereocenters. The van der Waals surface area contributed by atoms with Crippen molar-refractivity contribution in [2.45, 2.75) is 12.5 Å². The molecule has 4 N–H and O–H groups in total. The van der Waals surface area contributed by atoms with Gasteiger partial charge in [0.1, 0.15) is 12.1 Å². The molecule has 0 saturated heterocycles. The van der Waals surface area contributed by atoms with Crippen molar-refractivity contribution >= 4 is 23.4 Å². The molecule has 172 valence electrons. The average molecular weight is 457 g/mol. The summed E-state index contributed by atoms with van der Waals surface area (Å²) in [6.45, 7) is 0.563. The van der Waals surface area contributed by atoms with Gasteiger partial charge in [-0.05, 0) is 35.7 Å². The Morgan fingerprint density at radius 3 is 2.76 bits per heavy atom. The number of fused-ring (bicyclic) bond motifs is 1. The molecule has 5 rings (SSSR count). The number of carbonyl (C=O) groups is 1. The van der Waals surface area contributed by atoms with Crippen molar-refractivity contribution in [3.63, 3.8) is 0 Å². The Balaban J connectivity index is 1.46. The normalized spacial score (nSPS) is 13.9. The lowest BCUT2D eigenvalue weighted by atomic mass is 9.99. The lowest BCUT2D eigenvalue weighted by Crippen LogP contribution is -2.34. The van der Waals surface area contributed by atoms with Crippen LogP contribution in [0.3, 0.4) is 0 Å². The molecule has 34 heavy (non-hydrogen) atoms. The third kappa shape index (κ3) is 4.30. The monoisotopic (exact) mass is 456 g/mol. The summed E-state index contributed by atoms with van der Waals surface area (Å²) in [5.41, 5.74) is 4.05. The molecule has 2 aromatic heterocycles. The summed E-state index contributed by atoms with van der Waals surface area (Å²) < 4.78 is 0. The van der Waals surface area contributed by atoms with E-state index in [9.17, 15) is 9.90 Å². The molecule has 0 radical (unpaired) electrons. The zero-order valence-corrected chi connectivity index (χ0v) is 18.6. The largest absolute Gasteiger partial charge is 0.394 e. The number of likely N-dealkylation sites (N-methyl/N-ethyl adjacent to an activating group) is 1. The van der Waals surface area contributed by atoms with Gasteiger partial charge in [0.2, 0.25) is 5.95 Å². The van der Waals surface area contributed by atoms with Gasteiger partial charge in [-0.15, -0.1) is 0 Å². The van der Waals surface area contributed by atoms with Gasteiger partial charge in [0.05, 0.1) is 18.2 Å². The van der Waals surface area contributed by atoms with Crippen LogP contribution in [-0.2, 0) is 6.42 Å². The van der Waals surface area contributed by atoms with Gasteiger partial charge >= 0.3 is 0 Å². The number of hydrogen-bond acceptors (Lipinski definition) is 8. The van der Waals surface area contributed by atoms with Gasteiger partial charge in [-0.1, -0.05) is 30.3 Å². The van der Waals surface area contributed by atoms with Gasteiger partial charge in [-0.3, -0.25) is 9.89 Å². The molecular formula is C24H24N8O2. The summed E-state index contributed by atoms with van der Waals surface area (Å²) in [7, 11) is 1.81. The Labute approximate surface area is 196 Å². The van der Waals surface area contributed by atoms with E-state index in [1.54, 1.807) is 11.1 Å². The Morgan fingerprint density at radius 2 is 2.00 bits per heavy atom. The van der Waals surface area contributed by atoms with E-state index in [4.69, 9.17) is 0 Å². The molecule has 0 saturated carbocycles. The SMILES string of the molecule is CN1CCc2cc(Nc3ncc(-c4ncn[nH]4)c(N[C@H](CO)c4ccccc4)n3)ccc2C1=O. The molecule has 0 spiro atoms. The number of aromatic nitrogens is 5. The summed E-state index contributed by atoms with van der Waals surface area (Å²) in [5, 5.41) is 23.3. The fourth-order valence-electron chi connectivity index (χ4n) is 3.96. The molecule has 1 amide bonds. The van der Waals surface area contributed by atoms with Crippen LogP contribution in [0.1, 0.15) is 27.5 Å². The number of carbonyl (C=O) groups excluding carboxylic acids is 1. The van der Waals surface area contributed by atoms with Crippen molar-refractivity contribution in [1.82, 2.24) is 30.0 Å². The number of aromatic amines is 1. The van der Waals surface area contributed by atoms with Crippen molar-refractivity contribution in [3.8, 4) is 11.4 Å². The minimum Gasteiger partial charge on any atom is -0.394 e. The highest BCUT2D eigenvalue weighted by Crippen LogP contribution is 2.29. The standard InChI is InChI=1S/C24H24N8O2/c1-32-10-9-16-11-17(7-8-18(16)23(32)34)28-24-25-12-19(21-26-14-27-31-21)22(30-24)29-20(13-33)15-5-3-2-4-6-15/h2-8,11-12,14,20,33H,9-10,13H2,1H3,(H,26,27,31)(H2,25,28,29,30)/t20-/m1/s1. The molecule has 10 nitrogen and oxygen atoms in total. The molecule has 10 heteroatoms. The zero-order valence-electron chi connectivity index (χ0n) is 18.6. The topological polar surface area (TPSA) is 132 Å². The van der Waals surface area contributed by atoms with Crippen LogP contribution in [0.4, 0.5) is 17.5 Å². The fourth-order valence-corrected chi connectivity index (χ4v) is 3.96. The summed E-state index contributed by atoms with van der Waals surface area (Å²) in [4.78, 5) is 27.4. The second kappa shape index (κ2) is 9.28. The molecule has 0 unspecified atom stereocenters. The number of benzene rings is 2. The Hall–Kier alpha value is -4.31. The van der Waals surface area contributed by atoms with E-state index in [1.807, 2.05) is 55.6 Å². The first kappa shape index (κ1) is 21.5. The molecule has 0 bridgehead atoms. The van der Waals surface area contributed by atoms with E-state index < -0.39 is 0 Å². The molecule has 2 aromatic carbocycles. The number of aliphatic hydroxyl groups is 1.